The number of methoxy groups -OCH3 is 2. The number of urea groups is 1. The maximum atomic E-state index is 13.3. The van der Waals surface area contributed by atoms with Crippen molar-refractivity contribution in [3.05, 3.63) is 59.4 Å². The zero-order valence-electron chi connectivity index (χ0n) is 19.1. The highest BCUT2D eigenvalue weighted by Gasteiger charge is 2.28. The molecule has 0 unspecified atom stereocenters. The fraction of sp³-hybridized carbons (Fsp3) is 0.417. The number of nitrogens with one attached hydrogen (secondary N) is 1. The predicted molar refractivity (Wildman–Crippen MR) is 121 cm³/mol. The summed E-state index contributed by atoms with van der Waals surface area (Å²) in [6, 6.07) is 11.5. The molecule has 0 aliphatic carbocycles. The number of carbonyl (C=O) groups is 1. The number of nitrogens with zero attached hydrogens (tertiary/aromatic N) is 2. The second-order valence-corrected chi connectivity index (χ2v) is 8.73. The van der Waals surface area contributed by atoms with Gasteiger partial charge >= 0.3 is 6.03 Å². The average molecular weight is 444 g/mol. The summed E-state index contributed by atoms with van der Waals surface area (Å²) < 4.78 is 24.0. The van der Waals surface area contributed by atoms with Crippen LogP contribution in [0.2, 0.25) is 0 Å². The van der Waals surface area contributed by atoms with Crippen molar-refractivity contribution in [1.82, 2.24) is 10.2 Å². The number of amides is 2. The van der Waals surface area contributed by atoms with Gasteiger partial charge in [0.05, 0.1) is 26.5 Å². The molecular formula is C24H30FN3O4. The van der Waals surface area contributed by atoms with Gasteiger partial charge in [-0.05, 0) is 56.7 Å². The molecule has 172 valence electrons. The second-order valence-electron chi connectivity index (χ2n) is 8.73. The number of halogens is 1. The van der Waals surface area contributed by atoms with Crippen molar-refractivity contribution in [3.8, 4) is 11.5 Å². The van der Waals surface area contributed by atoms with Crippen molar-refractivity contribution in [1.29, 1.82) is 0 Å². The van der Waals surface area contributed by atoms with E-state index in [1.54, 1.807) is 31.3 Å². The molecule has 1 atom stereocenters. The molecule has 0 saturated carbocycles. The van der Waals surface area contributed by atoms with E-state index < -0.39 is 5.54 Å². The lowest BCUT2D eigenvalue weighted by atomic mass is 10.0. The molecule has 32 heavy (non-hydrogen) atoms. The van der Waals surface area contributed by atoms with Crippen LogP contribution in [0, 0.1) is 5.82 Å². The number of benzene rings is 2. The van der Waals surface area contributed by atoms with Gasteiger partial charge in [-0.25, -0.2) is 9.18 Å². The van der Waals surface area contributed by atoms with Gasteiger partial charge in [0.15, 0.2) is 17.6 Å². The van der Waals surface area contributed by atoms with E-state index in [1.807, 2.05) is 39.0 Å². The molecule has 7 nitrogen and oxygen atoms in total. The Morgan fingerprint density at radius 1 is 1.16 bits per heavy atom. The molecule has 0 fully saturated rings. The quantitative estimate of drug-likeness (QED) is 0.691. The number of hydrogen-bond acceptors (Lipinski definition) is 5. The number of hydrogen-bond donors (Lipinski definition) is 1. The molecule has 0 bridgehead atoms. The molecule has 2 aromatic rings. The smallest absolute Gasteiger partial charge is 0.318 e. The summed E-state index contributed by atoms with van der Waals surface area (Å²) in [5, 5.41) is 7.22. The van der Waals surface area contributed by atoms with E-state index >= 15 is 0 Å². The van der Waals surface area contributed by atoms with Crippen LogP contribution >= 0.6 is 0 Å². The van der Waals surface area contributed by atoms with Crippen LogP contribution < -0.4 is 14.8 Å². The van der Waals surface area contributed by atoms with Crippen molar-refractivity contribution in [2.24, 2.45) is 5.16 Å². The lowest BCUT2D eigenvalue weighted by molar-refractivity contribution is 0.0580. The zero-order chi connectivity index (χ0) is 23.3. The first-order chi connectivity index (χ1) is 15.2. The van der Waals surface area contributed by atoms with Crippen molar-refractivity contribution in [2.75, 3.05) is 20.8 Å². The highest BCUT2D eigenvalue weighted by atomic mass is 19.1. The minimum atomic E-state index is -0.393. The van der Waals surface area contributed by atoms with Gasteiger partial charge in [-0.15, -0.1) is 0 Å². The van der Waals surface area contributed by atoms with Gasteiger partial charge in [0.2, 0.25) is 0 Å². The van der Waals surface area contributed by atoms with Gasteiger partial charge in [0.1, 0.15) is 5.82 Å². The van der Waals surface area contributed by atoms with Gasteiger partial charge in [-0.2, -0.15) is 0 Å². The third-order valence-corrected chi connectivity index (χ3v) is 4.93. The van der Waals surface area contributed by atoms with E-state index in [1.165, 1.54) is 12.1 Å². The largest absolute Gasteiger partial charge is 0.493 e. The van der Waals surface area contributed by atoms with Crippen LogP contribution in [0.1, 0.15) is 38.3 Å². The topological polar surface area (TPSA) is 72.4 Å². The van der Waals surface area contributed by atoms with E-state index in [4.69, 9.17) is 14.3 Å². The molecule has 0 aromatic heterocycles. The second kappa shape index (κ2) is 9.89. The van der Waals surface area contributed by atoms with E-state index in [9.17, 15) is 9.18 Å². The van der Waals surface area contributed by atoms with Gasteiger partial charge < -0.3 is 24.5 Å². The van der Waals surface area contributed by atoms with Crippen LogP contribution in [-0.4, -0.2) is 49.0 Å². The highest BCUT2D eigenvalue weighted by Crippen LogP contribution is 2.29. The van der Waals surface area contributed by atoms with Gasteiger partial charge in [0.25, 0.3) is 0 Å². The van der Waals surface area contributed by atoms with Crippen molar-refractivity contribution >= 4 is 11.7 Å². The molecule has 8 heteroatoms. The van der Waals surface area contributed by atoms with E-state index in [2.05, 4.69) is 10.5 Å². The monoisotopic (exact) mass is 443 g/mol. The highest BCUT2D eigenvalue weighted by molar-refractivity contribution is 6.01. The fourth-order valence-corrected chi connectivity index (χ4v) is 3.39. The molecule has 2 amide bonds. The van der Waals surface area contributed by atoms with E-state index in [0.29, 0.717) is 31.0 Å². The van der Waals surface area contributed by atoms with Gasteiger partial charge in [0, 0.05) is 24.1 Å². The Hall–Kier alpha value is -3.29. The van der Waals surface area contributed by atoms with E-state index in [-0.39, 0.29) is 18.0 Å². The Balaban J connectivity index is 1.71. The molecule has 0 spiro atoms. The number of oxime groups is 1. The van der Waals surface area contributed by atoms with Crippen molar-refractivity contribution in [3.63, 3.8) is 0 Å². The maximum absolute atomic E-state index is 13.3. The zero-order valence-corrected chi connectivity index (χ0v) is 19.1. The lowest BCUT2D eigenvalue weighted by Gasteiger charge is -2.29. The summed E-state index contributed by atoms with van der Waals surface area (Å²) in [5.41, 5.74) is 2.08. The Bertz CT molecular complexity index is 970. The molecular weight excluding hydrogens is 413 g/mol. The van der Waals surface area contributed by atoms with Crippen LogP contribution in [0.25, 0.3) is 0 Å². The van der Waals surface area contributed by atoms with Crippen LogP contribution in [0.3, 0.4) is 0 Å². The SMILES string of the molecule is COc1ccc(C2=NO[C@@H](CN(Cc3ccc(F)cc3)C(=O)NC(C)(C)C)C2)cc1OC. The van der Waals surface area contributed by atoms with Crippen LogP contribution in [-0.2, 0) is 11.4 Å². The maximum Gasteiger partial charge on any atom is 0.318 e. The van der Waals surface area contributed by atoms with Crippen molar-refractivity contribution in [2.45, 2.75) is 45.4 Å². The summed E-state index contributed by atoms with van der Waals surface area (Å²) in [7, 11) is 3.17. The van der Waals surface area contributed by atoms with Crippen LogP contribution in [0.5, 0.6) is 11.5 Å². The molecule has 1 N–H and O–H groups in total. The first kappa shape index (κ1) is 23.4. The number of rotatable bonds is 7. The first-order valence-electron chi connectivity index (χ1n) is 10.4. The molecule has 2 aromatic carbocycles. The summed E-state index contributed by atoms with van der Waals surface area (Å²) in [4.78, 5) is 20.3. The normalized spacial score (nSPS) is 15.6. The summed E-state index contributed by atoms with van der Waals surface area (Å²) in [6.45, 7) is 6.43. The Morgan fingerprint density at radius 2 is 1.84 bits per heavy atom. The Morgan fingerprint density at radius 3 is 2.47 bits per heavy atom. The average Bonchev–Trinajstić information content (AvgIpc) is 3.21. The molecule has 0 radical (unpaired) electrons. The first-order valence-corrected chi connectivity index (χ1v) is 10.4. The summed E-state index contributed by atoms with van der Waals surface area (Å²) in [6.07, 6.45) is 0.238. The third kappa shape index (κ3) is 6.12. The minimum absolute atomic E-state index is 0.218. The molecule has 1 aliphatic rings. The van der Waals surface area contributed by atoms with Gasteiger partial charge in [-0.3, -0.25) is 0 Å². The minimum Gasteiger partial charge on any atom is -0.493 e. The Labute approximate surface area is 188 Å². The molecule has 0 saturated heterocycles. The molecule has 3 rings (SSSR count). The van der Waals surface area contributed by atoms with E-state index in [0.717, 1.165) is 16.8 Å². The summed E-state index contributed by atoms with van der Waals surface area (Å²) >= 11 is 0. The standard InChI is InChI=1S/C24H30FN3O4/c1-24(2,3)26-23(29)28(14-16-6-9-18(25)10-7-16)15-19-13-20(27-32-19)17-8-11-21(30-4)22(12-17)31-5/h6-12,19H,13-15H2,1-5H3,(H,26,29)/t19-/m1/s1. The predicted octanol–water partition coefficient (Wildman–Crippen LogP) is 4.35. The number of ether oxygens (including phenoxy) is 2. The Kier molecular flexibility index (Phi) is 7.22. The van der Waals surface area contributed by atoms with Crippen molar-refractivity contribution < 1.29 is 23.5 Å². The fourth-order valence-electron chi connectivity index (χ4n) is 3.39. The van der Waals surface area contributed by atoms with Crippen LogP contribution in [0.4, 0.5) is 9.18 Å². The molecule has 1 heterocycles. The molecule has 1 aliphatic heterocycles. The van der Waals surface area contributed by atoms with Crippen LogP contribution in [0.15, 0.2) is 47.6 Å². The number of carbonyl (C=O) groups excluding carboxylic acids is 1. The summed E-state index contributed by atoms with van der Waals surface area (Å²) in [5.74, 6) is 0.932. The lowest BCUT2D eigenvalue weighted by Crippen LogP contribution is -2.50. The van der Waals surface area contributed by atoms with Gasteiger partial charge in [-0.1, -0.05) is 17.3 Å². The third-order valence-electron chi connectivity index (χ3n) is 4.93.